The predicted molar refractivity (Wildman–Crippen MR) is 85.8 cm³/mol. The molecule has 2 aromatic rings. The first-order chi connectivity index (χ1) is 11.3. The van der Waals surface area contributed by atoms with Gasteiger partial charge in [-0.2, -0.15) is 0 Å². The normalized spacial score (nSPS) is 16.6. The summed E-state index contributed by atoms with van der Waals surface area (Å²) in [6.07, 6.45) is 1.30. The second-order valence-corrected chi connectivity index (χ2v) is 7.89. The second kappa shape index (κ2) is 6.06. The number of carboxylic acids is 1. The minimum absolute atomic E-state index is 0.0940. The lowest BCUT2D eigenvalue weighted by molar-refractivity contribution is 0.0685. The summed E-state index contributed by atoms with van der Waals surface area (Å²) in [6.45, 7) is 1.76. The molecule has 0 bridgehead atoms. The number of halogens is 1. The molecule has 3 rings (SSSR count). The highest BCUT2D eigenvalue weighted by Crippen LogP contribution is 2.29. The summed E-state index contributed by atoms with van der Waals surface area (Å²) in [5.41, 5.74) is 0.267. The average molecular weight is 372 g/mol. The van der Waals surface area contributed by atoms with Crippen molar-refractivity contribution >= 4 is 27.4 Å². The standard InChI is InChI=1S/C14H14ClN3O5S/c1-2-9-11(14(19)20)18(12-10(15)4-3-5-16-12)17-13(9)23-8-6-24(21,22)7-8/h3-5,8H,2,6-7H2,1H3,(H,19,20). The lowest BCUT2D eigenvalue weighted by Gasteiger charge is -2.25. The van der Waals surface area contributed by atoms with Crippen LogP contribution in [-0.2, 0) is 16.3 Å². The van der Waals surface area contributed by atoms with Crippen LogP contribution in [0.3, 0.4) is 0 Å². The maximum Gasteiger partial charge on any atom is 0.355 e. The van der Waals surface area contributed by atoms with Crippen LogP contribution in [0.15, 0.2) is 18.3 Å². The summed E-state index contributed by atoms with van der Waals surface area (Å²) < 4.78 is 29.2. The van der Waals surface area contributed by atoms with E-state index in [9.17, 15) is 18.3 Å². The smallest absolute Gasteiger partial charge is 0.355 e. The summed E-state index contributed by atoms with van der Waals surface area (Å²) >= 11 is 6.09. The topological polar surface area (TPSA) is 111 Å². The van der Waals surface area contributed by atoms with Gasteiger partial charge in [0, 0.05) is 11.8 Å². The van der Waals surface area contributed by atoms with Crippen LogP contribution in [0.2, 0.25) is 5.02 Å². The zero-order valence-electron chi connectivity index (χ0n) is 12.6. The largest absolute Gasteiger partial charge is 0.476 e. The van der Waals surface area contributed by atoms with E-state index in [2.05, 4.69) is 10.1 Å². The molecule has 24 heavy (non-hydrogen) atoms. The number of aromatic carboxylic acids is 1. The zero-order chi connectivity index (χ0) is 17.5. The molecule has 3 heterocycles. The van der Waals surface area contributed by atoms with Gasteiger partial charge in [-0.3, -0.25) is 0 Å². The number of aromatic nitrogens is 3. The Morgan fingerprint density at radius 3 is 2.75 bits per heavy atom. The highest BCUT2D eigenvalue weighted by Gasteiger charge is 2.37. The maximum atomic E-state index is 11.7. The lowest BCUT2D eigenvalue weighted by atomic mass is 10.2. The number of ether oxygens (including phenoxy) is 1. The third-order valence-corrected chi connectivity index (χ3v) is 5.65. The molecule has 2 aromatic heterocycles. The van der Waals surface area contributed by atoms with Crippen LogP contribution < -0.4 is 4.74 Å². The van der Waals surface area contributed by atoms with Crippen molar-refractivity contribution in [2.24, 2.45) is 0 Å². The number of rotatable bonds is 5. The molecule has 1 N–H and O–H groups in total. The molecule has 0 atom stereocenters. The molecular formula is C14H14ClN3O5S. The van der Waals surface area contributed by atoms with Crippen molar-refractivity contribution in [2.75, 3.05) is 11.5 Å². The van der Waals surface area contributed by atoms with E-state index in [1.807, 2.05) is 0 Å². The average Bonchev–Trinajstić information content (AvgIpc) is 2.84. The Kier molecular flexibility index (Phi) is 4.22. The van der Waals surface area contributed by atoms with Crippen LogP contribution >= 0.6 is 11.6 Å². The fraction of sp³-hybridized carbons (Fsp3) is 0.357. The van der Waals surface area contributed by atoms with Crippen LogP contribution in [-0.4, -0.2) is 51.9 Å². The monoisotopic (exact) mass is 371 g/mol. The summed E-state index contributed by atoms with van der Waals surface area (Å²) in [4.78, 5) is 15.8. The summed E-state index contributed by atoms with van der Waals surface area (Å²) in [5, 5.41) is 14.0. The van der Waals surface area contributed by atoms with Gasteiger partial charge in [-0.25, -0.2) is 22.9 Å². The number of hydrogen-bond acceptors (Lipinski definition) is 6. The van der Waals surface area contributed by atoms with Crippen molar-refractivity contribution in [3.63, 3.8) is 0 Å². The Morgan fingerprint density at radius 2 is 2.21 bits per heavy atom. The Morgan fingerprint density at radius 1 is 1.50 bits per heavy atom. The molecule has 8 nitrogen and oxygen atoms in total. The van der Waals surface area contributed by atoms with E-state index in [0.717, 1.165) is 4.68 Å². The lowest BCUT2D eigenvalue weighted by Crippen LogP contribution is -2.45. The predicted octanol–water partition coefficient (Wildman–Crippen LogP) is 1.36. The van der Waals surface area contributed by atoms with Gasteiger partial charge in [0.25, 0.3) is 0 Å². The molecule has 0 radical (unpaired) electrons. The molecule has 0 amide bonds. The third kappa shape index (κ3) is 2.96. The molecule has 1 fully saturated rings. The van der Waals surface area contributed by atoms with Gasteiger partial charge in [0.2, 0.25) is 5.88 Å². The maximum absolute atomic E-state index is 11.7. The van der Waals surface area contributed by atoms with E-state index in [1.54, 1.807) is 19.1 Å². The van der Waals surface area contributed by atoms with E-state index in [4.69, 9.17) is 16.3 Å². The van der Waals surface area contributed by atoms with Gasteiger partial charge in [-0.05, 0) is 18.6 Å². The first-order valence-electron chi connectivity index (χ1n) is 7.15. The van der Waals surface area contributed by atoms with Crippen molar-refractivity contribution in [1.29, 1.82) is 0 Å². The van der Waals surface area contributed by atoms with Gasteiger partial charge in [-0.1, -0.05) is 18.5 Å². The third-order valence-electron chi connectivity index (χ3n) is 3.60. The van der Waals surface area contributed by atoms with Gasteiger partial charge >= 0.3 is 5.97 Å². The summed E-state index contributed by atoms with van der Waals surface area (Å²) in [6, 6.07) is 3.19. The van der Waals surface area contributed by atoms with E-state index in [1.165, 1.54) is 6.20 Å². The molecule has 128 valence electrons. The fourth-order valence-electron chi connectivity index (χ4n) is 2.49. The Labute approximate surface area is 142 Å². The minimum Gasteiger partial charge on any atom is -0.476 e. The van der Waals surface area contributed by atoms with E-state index in [0.29, 0.717) is 12.0 Å². The minimum atomic E-state index is -3.06. The molecule has 0 aromatic carbocycles. The highest BCUT2D eigenvalue weighted by molar-refractivity contribution is 7.92. The van der Waals surface area contributed by atoms with Gasteiger partial charge in [-0.15, -0.1) is 5.10 Å². The summed E-state index contributed by atoms with van der Waals surface area (Å²) in [7, 11) is -3.06. The number of sulfone groups is 1. The molecule has 0 unspecified atom stereocenters. The van der Waals surface area contributed by atoms with Gasteiger partial charge in [0.1, 0.15) is 6.10 Å². The van der Waals surface area contributed by atoms with Crippen molar-refractivity contribution in [3.05, 3.63) is 34.6 Å². The second-order valence-electron chi connectivity index (χ2n) is 5.33. The number of pyridine rings is 1. The molecule has 0 saturated carbocycles. The summed E-state index contributed by atoms with van der Waals surface area (Å²) in [5.74, 6) is -1.14. The zero-order valence-corrected chi connectivity index (χ0v) is 14.2. The van der Waals surface area contributed by atoms with Crippen LogP contribution in [0.4, 0.5) is 0 Å². The molecule has 0 spiro atoms. The van der Waals surface area contributed by atoms with Crippen LogP contribution in [0.5, 0.6) is 5.88 Å². The fourth-order valence-corrected chi connectivity index (χ4v) is 3.87. The molecule has 10 heteroatoms. The van der Waals surface area contributed by atoms with E-state index >= 15 is 0 Å². The van der Waals surface area contributed by atoms with Gasteiger partial charge in [0.15, 0.2) is 21.3 Å². The Balaban J connectivity index is 2.06. The van der Waals surface area contributed by atoms with Crippen LogP contribution in [0.1, 0.15) is 23.0 Å². The van der Waals surface area contributed by atoms with E-state index < -0.39 is 21.9 Å². The van der Waals surface area contributed by atoms with Crippen molar-refractivity contribution < 1.29 is 23.1 Å². The van der Waals surface area contributed by atoms with Crippen molar-refractivity contribution in [1.82, 2.24) is 14.8 Å². The number of hydrogen-bond donors (Lipinski definition) is 1. The van der Waals surface area contributed by atoms with E-state index in [-0.39, 0.29) is 33.9 Å². The molecule has 1 aliphatic heterocycles. The SMILES string of the molecule is CCc1c(OC2CS(=O)(=O)C2)nn(-c2ncccc2Cl)c1C(=O)O. The molecular weight excluding hydrogens is 358 g/mol. The first kappa shape index (κ1) is 16.7. The van der Waals surface area contributed by atoms with Crippen LogP contribution in [0, 0.1) is 0 Å². The number of nitrogens with zero attached hydrogens (tertiary/aromatic N) is 3. The molecule has 1 saturated heterocycles. The van der Waals surface area contributed by atoms with Gasteiger partial charge < -0.3 is 9.84 Å². The first-order valence-corrected chi connectivity index (χ1v) is 9.35. The van der Waals surface area contributed by atoms with Crippen molar-refractivity contribution in [3.8, 4) is 11.7 Å². The van der Waals surface area contributed by atoms with Gasteiger partial charge in [0.05, 0.1) is 16.5 Å². The van der Waals surface area contributed by atoms with Crippen LogP contribution in [0.25, 0.3) is 5.82 Å². The Bertz CT molecular complexity index is 897. The quantitative estimate of drug-likeness (QED) is 0.844. The highest BCUT2D eigenvalue weighted by atomic mass is 35.5. The Hall–Kier alpha value is -2.13. The van der Waals surface area contributed by atoms with Crippen molar-refractivity contribution in [2.45, 2.75) is 19.4 Å². The molecule has 0 aliphatic carbocycles. The molecule has 1 aliphatic rings. The number of carboxylic acid groups (broad SMARTS) is 1. The number of carbonyl (C=O) groups is 1.